The van der Waals surface area contributed by atoms with E-state index in [1.807, 2.05) is 0 Å². The molecular weight excluding hydrogens is 236 g/mol. The molecule has 0 aliphatic carbocycles. The molecule has 0 bridgehead atoms. The fourth-order valence-electron chi connectivity index (χ4n) is 1.19. The third kappa shape index (κ3) is 10.0. The van der Waals surface area contributed by atoms with E-state index in [1.165, 1.54) is 0 Å². The van der Waals surface area contributed by atoms with Crippen molar-refractivity contribution in [2.45, 2.75) is 18.9 Å². The van der Waals surface area contributed by atoms with Crippen molar-refractivity contribution in [3.05, 3.63) is 0 Å². The third-order valence-corrected chi connectivity index (χ3v) is 2.27. The first-order valence-corrected chi connectivity index (χ1v) is 6.10. The summed E-state index contributed by atoms with van der Waals surface area (Å²) < 4.78 is 0. The van der Waals surface area contributed by atoms with E-state index >= 15 is 0 Å². The molecule has 0 fully saturated rings. The Hall–Kier alpha value is -1.18. The number of aliphatic hydroxyl groups is 1. The lowest BCUT2D eigenvalue weighted by Crippen LogP contribution is -2.40. The quantitative estimate of drug-likeness (QED) is 0.307. The van der Waals surface area contributed by atoms with Gasteiger partial charge in [-0.1, -0.05) is 0 Å². The molecule has 7 heteroatoms. The average Bonchev–Trinajstić information content (AvgIpc) is 2.37. The summed E-state index contributed by atoms with van der Waals surface area (Å²) in [6.45, 7) is 1.50. The summed E-state index contributed by atoms with van der Waals surface area (Å²) in [5.41, 5.74) is 0. The minimum Gasteiger partial charge on any atom is -0.389 e. The lowest BCUT2D eigenvalue weighted by molar-refractivity contribution is -0.121. The van der Waals surface area contributed by atoms with E-state index in [1.54, 1.807) is 14.1 Å². The molecule has 0 unspecified atom stereocenters. The van der Waals surface area contributed by atoms with Crippen LogP contribution in [0.4, 0.5) is 0 Å². The van der Waals surface area contributed by atoms with Crippen LogP contribution in [0.15, 0.2) is 0 Å². The van der Waals surface area contributed by atoms with Crippen LogP contribution in [0.2, 0.25) is 0 Å². The first-order valence-electron chi connectivity index (χ1n) is 6.10. The van der Waals surface area contributed by atoms with Gasteiger partial charge >= 0.3 is 0 Å². The van der Waals surface area contributed by atoms with E-state index in [9.17, 15) is 14.7 Å². The van der Waals surface area contributed by atoms with Crippen molar-refractivity contribution in [3.8, 4) is 0 Å². The van der Waals surface area contributed by atoms with E-state index < -0.39 is 6.10 Å². The molecule has 0 aromatic carbocycles. The first-order chi connectivity index (χ1) is 8.60. The second-order valence-electron chi connectivity index (χ2n) is 3.97. The molecule has 0 heterocycles. The second kappa shape index (κ2) is 10.9. The summed E-state index contributed by atoms with van der Waals surface area (Å²) in [7, 11) is 3.53. The van der Waals surface area contributed by atoms with Gasteiger partial charge in [-0.3, -0.25) is 9.59 Å². The number of hydrogen-bond donors (Lipinski definition) is 5. The fourth-order valence-corrected chi connectivity index (χ4v) is 1.19. The fraction of sp³-hybridized carbons (Fsp3) is 0.818. The Morgan fingerprint density at radius 2 is 1.33 bits per heavy atom. The largest absolute Gasteiger partial charge is 0.389 e. The van der Waals surface area contributed by atoms with Gasteiger partial charge in [0.15, 0.2) is 0 Å². The lowest BCUT2D eigenvalue weighted by atomic mass is 10.3. The van der Waals surface area contributed by atoms with E-state index in [-0.39, 0.29) is 24.9 Å². The molecule has 2 amide bonds. The molecule has 0 aromatic rings. The highest BCUT2D eigenvalue weighted by Gasteiger charge is 2.08. The maximum Gasteiger partial charge on any atom is 0.221 e. The molecule has 0 aliphatic heterocycles. The third-order valence-electron chi connectivity index (χ3n) is 2.27. The van der Waals surface area contributed by atoms with Gasteiger partial charge in [0.05, 0.1) is 6.10 Å². The number of amides is 2. The summed E-state index contributed by atoms with van der Waals surface area (Å²) in [6.07, 6.45) is -0.0164. The lowest BCUT2D eigenvalue weighted by Gasteiger charge is -2.13. The topological polar surface area (TPSA) is 102 Å². The molecule has 0 aliphatic rings. The summed E-state index contributed by atoms with van der Waals surface area (Å²) in [5.74, 6) is -0.241. The smallest absolute Gasteiger partial charge is 0.221 e. The number of carbonyl (C=O) groups is 2. The van der Waals surface area contributed by atoms with E-state index in [0.29, 0.717) is 25.9 Å². The Labute approximate surface area is 108 Å². The zero-order valence-corrected chi connectivity index (χ0v) is 11.1. The summed E-state index contributed by atoms with van der Waals surface area (Å²) in [5, 5.41) is 20.4. The van der Waals surface area contributed by atoms with Crippen LogP contribution in [-0.4, -0.2) is 63.3 Å². The highest BCUT2D eigenvalue weighted by atomic mass is 16.3. The molecule has 18 heavy (non-hydrogen) atoms. The number of carbonyl (C=O) groups excluding carboxylic acids is 2. The summed E-state index contributed by atoms with van der Waals surface area (Å²) >= 11 is 0. The van der Waals surface area contributed by atoms with Crippen LogP contribution in [0.25, 0.3) is 0 Å². The van der Waals surface area contributed by atoms with Crippen molar-refractivity contribution in [2.24, 2.45) is 0 Å². The second-order valence-corrected chi connectivity index (χ2v) is 3.97. The molecular formula is C11H24N4O3. The van der Waals surface area contributed by atoms with Gasteiger partial charge in [-0.2, -0.15) is 0 Å². The SMILES string of the molecule is CNCCC(=O)NCC(O)CNC(=O)CCNC. The number of aliphatic hydroxyl groups excluding tert-OH is 1. The van der Waals surface area contributed by atoms with Crippen molar-refractivity contribution in [1.82, 2.24) is 21.3 Å². The van der Waals surface area contributed by atoms with E-state index in [4.69, 9.17) is 0 Å². The van der Waals surface area contributed by atoms with Gasteiger partial charge in [0.1, 0.15) is 0 Å². The zero-order valence-electron chi connectivity index (χ0n) is 11.1. The Balaban J connectivity index is 3.55. The van der Waals surface area contributed by atoms with Crippen molar-refractivity contribution in [2.75, 3.05) is 40.3 Å². The van der Waals surface area contributed by atoms with E-state index in [2.05, 4.69) is 21.3 Å². The molecule has 106 valence electrons. The van der Waals surface area contributed by atoms with Crippen LogP contribution in [0.1, 0.15) is 12.8 Å². The summed E-state index contributed by atoms with van der Waals surface area (Å²) in [6, 6.07) is 0. The standard InChI is InChI=1S/C11H24N4O3/c1-12-5-3-10(17)14-7-9(16)8-15-11(18)4-6-13-2/h9,12-13,16H,3-8H2,1-2H3,(H,14,17)(H,15,18). The molecule has 0 atom stereocenters. The Morgan fingerprint density at radius 3 is 1.67 bits per heavy atom. The van der Waals surface area contributed by atoms with Crippen molar-refractivity contribution in [3.63, 3.8) is 0 Å². The Bertz CT molecular complexity index is 224. The molecule has 7 nitrogen and oxygen atoms in total. The van der Waals surface area contributed by atoms with Crippen LogP contribution in [-0.2, 0) is 9.59 Å². The van der Waals surface area contributed by atoms with Crippen molar-refractivity contribution >= 4 is 11.8 Å². The van der Waals surface area contributed by atoms with Crippen molar-refractivity contribution in [1.29, 1.82) is 0 Å². The maximum absolute atomic E-state index is 11.2. The number of rotatable bonds is 10. The molecule has 0 saturated carbocycles. The number of nitrogens with one attached hydrogen (secondary N) is 4. The molecule has 5 N–H and O–H groups in total. The van der Waals surface area contributed by atoms with Gasteiger partial charge < -0.3 is 26.4 Å². The number of hydrogen-bond acceptors (Lipinski definition) is 5. The predicted molar refractivity (Wildman–Crippen MR) is 69.1 cm³/mol. The molecule has 0 aromatic heterocycles. The predicted octanol–water partition coefficient (Wildman–Crippen LogP) is -2.20. The van der Waals surface area contributed by atoms with Gasteiger partial charge in [-0.05, 0) is 14.1 Å². The Morgan fingerprint density at radius 1 is 0.944 bits per heavy atom. The highest BCUT2D eigenvalue weighted by molar-refractivity contribution is 5.76. The van der Waals surface area contributed by atoms with Crippen LogP contribution in [0.3, 0.4) is 0 Å². The maximum atomic E-state index is 11.2. The minimum absolute atomic E-state index is 0.120. The van der Waals surface area contributed by atoms with Gasteiger partial charge in [0, 0.05) is 39.0 Å². The first kappa shape index (κ1) is 16.8. The van der Waals surface area contributed by atoms with Crippen LogP contribution < -0.4 is 21.3 Å². The van der Waals surface area contributed by atoms with Gasteiger partial charge in [-0.25, -0.2) is 0 Å². The van der Waals surface area contributed by atoms with Crippen LogP contribution >= 0.6 is 0 Å². The van der Waals surface area contributed by atoms with Crippen molar-refractivity contribution < 1.29 is 14.7 Å². The summed E-state index contributed by atoms with van der Waals surface area (Å²) in [4.78, 5) is 22.5. The molecule has 0 radical (unpaired) electrons. The monoisotopic (exact) mass is 260 g/mol. The minimum atomic E-state index is -0.762. The average molecular weight is 260 g/mol. The van der Waals surface area contributed by atoms with Crippen LogP contribution in [0, 0.1) is 0 Å². The van der Waals surface area contributed by atoms with Crippen LogP contribution in [0.5, 0.6) is 0 Å². The molecule has 0 saturated heterocycles. The van der Waals surface area contributed by atoms with Gasteiger partial charge in [0.2, 0.25) is 11.8 Å². The Kier molecular flexibility index (Phi) is 10.2. The normalized spacial score (nSPS) is 10.4. The van der Waals surface area contributed by atoms with E-state index in [0.717, 1.165) is 0 Å². The molecule has 0 rings (SSSR count). The zero-order chi connectivity index (χ0) is 13.8. The van der Waals surface area contributed by atoms with Gasteiger partial charge in [0.25, 0.3) is 0 Å². The molecule has 0 spiro atoms. The van der Waals surface area contributed by atoms with Gasteiger partial charge in [-0.15, -0.1) is 0 Å². The highest BCUT2D eigenvalue weighted by Crippen LogP contribution is 1.83.